The summed E-state index contributed by atoms with van der Waals surface area (Å²) in [6, 6.07) is 22.5. The molecule has 0 atom stereocenters. The predicted octanol–water partition coefficient (Wildman–Crippen LogP) is 4.76. The van der Waals surface area contributed by atoms with Crippen LogP contribution in [0.1, 0.15) is 16.7 Å². The fraction of sp³-hybridized carbons (Fsp3) is 0.130. The van der Waals surface area contributed by atoms with Gasteiger partial charge in [-0.1, -0.05) is 41.4 Å². The van der Waals surface area contributed by atoms with Gasteiger partial charge < -0.3 is 9.47 Å². The van der Waals surface area contributed by atoms with E-state index < -0.39 is 0 Å². The Kier molecular flexibility index (Phi) is 7.25. The van der Waals surface area contributed by atoms with E-state index in [2.05, 4.69) is 41.7 Å². The maximum Gasteiger partial charge on any atom is 0.277 e. The molecule has 5 nitrogen and oxygen atoms in total. The van der Waals surface area contributed by atoms with Gasteiger partial charge in [-0.25, -0.2) is 5.43 Å². The van der Waals surface area contributed by atoms with Crippen molar-refractivity contribution in [1.82, 2.24) is 5.43 Å². The fourth-order valence-electron chi connectivity index (χ4n) is 2.39. The molecule has 0 fully saturated rings. The zero-order valence-corrected chi connectivity index (χ0v) is 16.7. The average molecular weight is 409 g/mol. The lowest BCUT2D eigenvalue weighted by Gasteiger charge is -2.07. The van der Waals surface area contributed by atoms with Crippen LogP contribution in [0.15, 0.2) is 77.9 Å². The lowest BCUT2D eigenvalue weighted by atomic mass is 10.2. The van der Waals surface area contributed by atoms with Gasteiger partial charge in [-0.3, -0.25) is 4.79 Å². The van der Waals surface area contributed by atoms with E-state index in [1.165, 1.54) is 5.56 Å². The van der Waals surface area contributed by atoms with Crippen LogP contribution >= 0.6 is 11.6 Å². The summed E-state index contributed by atoms with van der Waals surface area (Å²) in [4.78, 5) is 11.8. The summed E-state index contributed by atoms with van der Waals surface area (Å²) in [7, 11) is 0. The van der Waals surface area contributed by atoms with E-state index in [0.29, 0.717) is 17.4 Å². The lowest BCUT2D eigenvalue weighted by Crippen LogP contribution is -2.24. The number of aryl methyl sites for hydroxylation is 1. The third-order valence-electron chi connectivity index (χ3n) is 3.99. The number of benzene rings is 3. The molecule has 1 amide bonds. The number of rotatable bonds is 8. The van der Waals surface area contributed by atoms with E-state index in [-0.39, 0.29) is 12.5 Å². The van der Waals surface area contributed by atoms with Crippen LogP contribution in [-0.2, 0) is 11.4 Å². The van der Waals surface area contributed by atoms with Crippen LogP contribution in [-0.4, -0.2) is 18.7 Å². The SMILES string of the molecule is Cc1ccc(COc2ccc(/C=N/NC(=O)COc3ccc(Cl)cc3)cc2)cc1. The van der Waals surface area contributed by atoms with Crippen LogP contribution in [0, 0.1) is 6.92 Å². The van der Waals surface area contributed by atoms with Crippen molar-refractivity contribution in [2.24, 2.45) is 5.10 Å². The molecule has 0 radical (unpaired) electrons. The molecular weight excluding hydrogens is 388 g/mol. The van der Waals surface area contributed by atoms with Crippen molar-refractivity contribution in [3.8, 4) is 11.5 Å². The molecule has 1 N–H and O–H groups in total. The van der Waals surface area contributed by atoms with Crippen molar-refractivity contribution in [2.75, 3.05) is 6.61 Å². The normalized spacial score (nSPS) is 10.7. The number of carbonyl (C=O) groups excluding carboxylic acids is 1. The fourth-order valence-corrected chi connectivity index (χ4v) is 2.52. The minimum Gasteiger partial charge on any atom is -0.489 e. The van der Waals surface area contributed by atoms with Crippen molar-refractivity contribution in [3.63, 3.8) is 0 Å². The van der Waals surface area contributed by atoms with E-state index in [4.69, 9.17) is 21.1 Å². The van der Waals surface area contributed by atoms with Gasteiger partial charge in [0, 0.05) is 5.02 Å². The molecule has 3 aromatic carbocycles. The first-order valence-electron chi connectivity index (χ1n) is 9.07. The number of hydrogen-bond acceptors (Lipinski definition) is 4. The highest BCUT2D eigenvalue weighted by Gasteiger charge is 2.01. The molecule has 6 heteroatoms. The van der Waals surface area contributed by atoms with Crippen molar-refractivity contribution in [3.05, 3.63) is 94.5 Å². The second-order valence-corrected chi connectivity index (χ2v) is 6.82. The Morgan fingerprint density at radius 2 is 1.55 bits per heavy atom. The minimum absolute atomic E-state index is 0.134. The van der Waals surface area contributed by atoms with E-state index in [1.807, 2.05) is 24.3 Å². The Morgan fingerprint density at radius 1 is 0.931 bits per heavy atom. The van der Waals surface area contributed by atoms with Crippen LogP contribution in [0.5, 0.6) is 11.5 Å². The van der Waals surface area contributed by atoms with Crippen LogP contribution in [0.2, 0.25) is 5.02 Å². The number of halogens is 1. The van der Waals surface area contributed by atoms with Crippen LogP contribution in [0.25, 0.3) is 0 Å². The summed E-state index contributed by atoms with van der Waals surface area (Å²) in [6.07, 6.45) is 1.56. The van der Waals surface area contributed by atoms with Gasteiger partial charge in [-0.05, 0) is 66.6 Å². The molecule has 0 heterocycles. The number of amides is 1. The molecule has 3 aromatic rings. The highest BCUT2D eigenvalue weighted by molar-refractivity contribution is 6.30. The Hall–Kier alpha value is -3.31. The molecule has 0 aliphatic rings. The van der Waals surface area contributed by atoms with Crippen molar-refractivity contribution in [2.45, 2.75) is 13.5 Å². The number of nitrogens with one attached hydrogen (secondary N) is 1. The third kappa shape index (κ3) is 6.97. The zero-order chi connectivity index (χ0) is 20.5. The third-order valence-corrected chi connectivity index (χ3v) is 4.24. The Morgan fingerprint density at radius 3 is 2.24 bits per heavy atom. The maximum atomic E-state index is 11.8. The first kappa shape index (κ1) is 20.4. The minimum atomic E-state index is -0.353. The molecule has 0 bridgehead atoms. The summed E-state index contributed by atoms with van der Waals surface area (Å²) in [5.74, 6) is 0.979. The molecule has 0 aromatic heterocycles. The molecule has 29 heavy (non-hydrogen) atoms. The zero-order valence-electron chi connectivity index (χ0n) is 16.0. The molecule has 3 rings (SSSR count). The highest BCUT2D eigenvalue weighted by Crippen LogP contribution is 2.15. The molecule has 0 aliphatic heterocycles. The topological polar surface area (TPSA) is 59.9 Å². The Balaban J connectivity index is 1.41. The van der Waals surface area contributed by atoms with E-state index >= 15 is 0 Å². The monoisotopic (exact) mass is 408 g/mol. The summed E-state index contributed by atoms with van der Waals surface area (Å²) in [6.45, 7) is 2.43. The molecule has 0 aliphatic carbocycles. The average Bonchev–Trinajstić information content (AvgIpc) is 2.74. The van der Waals surface area contributed by atoms with Gasteiger partial charge >= 0.3 is 0 Å². The van der Waals surface area contributed by atoms with Crippen molar-refractivity contribution < 1.29 is 14.3 Å². The van der Waals surface area contributed by atoms with E-state index in [1.54, 1.807) is 30.5 Å². The van der Waals surface area contributed by atoms with Crippen molar-refractivity contribution in [1.29, 1.82) is 0 Å². The molecule has 0 unspecified atom stereocenters. The van der Waals surface area contributed by atoms with Gasteiger partial charge in [-0.15, -0.1) is 0 Å². The smallest absolute Gasteiger partial charge is 0.277 e. The lowest BCUT2D eigenvalue weighted by molar-refractivity contribution is -0.123. The first-order valence-corrected chi connectivity index (χ1v) is 9.45. The van der Waals surface area contributed by atoms with Gasteiger partial charge in [0.25, 0.3) is 5.91 Å². The second kappa shape index (κ2) is 10.3. The number of hydrazone groups is 1. The second-order valence-electron chi connectivity index (χ2n) is 6.38. The van der Waals surface area contributed by atoms with Crippen LogP contribution in [0.3, 0.4) is 0 Å². The van der Waals surface area contributed by atoms with E-state index in [9.17, 15) is 4.79 Å². The van der Waals surface area contributed by atoms with Gasteiger partial charge in [0.2, 0.25) is 0 Å². The number of ether oxygens (including phenoxy) is 2. The van der Waals surface area contributed by atoms with Gasteiger partial charge in [0.1, 0.15) is 18.1 Å². The van der Waals surface area contributed by atoms with Gasteiger partial charge in [0.15, 0.2) is 6.61 Å². The van der Waals surface area contributed by atoms with Gasteiger partial charge in [0.05, 0.1) is 6.21 Å². The predicted molar refractivity (Wildman–Crippen MR) is 115 cm³/mol. The standard InChI is InChI=1S/C23H21ClN2O3/c1-17-2-4-19(5-3-17)15-28-21-10-6-18(7-11-21)14-25-26-23(27)16-29-22-12-8-20(24)9-13-22/h2-14H,15-16H2,1H3,(H,26,27)/b25-14+. The molecule has 0 saturated heterocycles. The Labute approximate surface area is 174 Å². The number of hydrogen-bond donors (Lipinski definition) is 1. The molecular formula is C23H21ClN2O3. The summed E-state index contributed by atoms with van der Waals surface area (Å²) in [5.41, 5.74) is 5.60. The molecule has 0 spiro atoms. The molecule has 0 saturated carbocycles. The summed E-state index contributed by atoms with van der Waals surface area (Å²) >= 11 is 5.80. The van der Waals surface area contributed by atoms with Crippen molar-refractivity contribution >= 4 is 23.7 Å². The van der Waals surface area contributed by atoms with E-state index in [0.717, 1.165) is 16.9 Å². The quantitative estimate of drug-likeness (QED) is 0.432. The largest absolute Gasteiger partial charge is 0.489 e. The number of carbonyl (C=O) groups is 1. The van der Waals surface area contributed by atoms with Gasteiger partial charge in [-0.2, -0.15) is 5.10 Å². The first-order chi connectivity index (χ1) is 14.1. The van der Waals surface area contributed by atoms with Crippen LogP contribution in [0.4, 0.5) is 0 Å². The highest BCUT2D eigenvalue weighted by atomic mass is 35.5. The molecule has 148 valence electrons. The summed E-state index contributed by atoms with van der Waals surface area (Å²) in [5, 5.41) is 4.54. The number of nitrogens with zero attached hydrogens (tertiary/aromatic N) is 1. The van der Waals surface area contributed by atoms with Crippen LogP contribution < -0.4 is 14.9 Å². The summed E-state index contributed by atoms with van der Waals surface area (Å²) < 4.78 is 11.1. The maximum absolute atomic E-state index is 11.8. The Bertz CT molecular complexity index is 953.